The predicted molar refractivity (Wildman–Crippen MR) is 89.3 cm³/mol. The number of H-pyrrole nitrogens is 1. The third-order valence-electron chi connectivity index (χ3n) is 3.75. The van der Waals surface area contributed by atoms with Crippen molar-refractivity contribution in [3.63, 3.8) is 0 Å². The van der Waals surface area contributed by atoms with E-state index in [0.717, 1.165) is 27.7 Å². The summed E-state index contributed by atoms with van der Waals surface area (Å²) in [5, 5.41) is 5.06. The summed E-state index contributed by atoms with van der Waals surface area (Å²) in [4.78, 5) is 15.5. The van der Waals surface area contributed by atoms with Gasteiger partial charge in [0, 0.05) is 22.2 Å². The van der Waals surface area contributed by atoms with Gasteiger partial charge in [0.25, 0.3) is 5.91 Å². The summed E-state index contributed by atoms with van der Waals surface area (Å²) in [6.07, 6.45) is 1.63. The van der Waals surface area contributed by atoms with Gasteiger partial charge >= 0.3 is 0 Å². The van der Waals surface area contributed by atoms with E-state index in [1.165, 1.54) is 0 Å². The molecule has 0 bridgehead atoms. The van der Waals surface area contributed by atoms with Crippen LogP contribution in [0.15, 0.2) is 53.6 Å². The van der Waals surface area contributed by atoms with E-state index in [9.17, 15) is 4.79 Å². The summed E-state index contributed by atoms with van der Waals surface area (Å²) in [7, 11) is 0. The molecule has 4 nitrogen and oxygen atoms in total. The number of aromatic amines is 1. The average molecular weight is 291 g/mol. The van der Waals surface area contributed by atoms with Crippen molar-refractivity contribution in [2.24, 2.45) is 5.10 Å². The van der Waals surface area contributed by atoms with Crippen molar-refractivity contribution in [3.8, 4) is 0 Å². The standard InChI is InChI=1S/C18H17N3O/c1-12-13(2)20-17-9-8-15(10-16(12)17)18(22)21-19-11-14-6-4-3-5-7-14/h3-11,20H,1-2H3,(H,21,22). The summed E-state index contributed by atoms with van der Waals surface area (Å²) in [6, 6.07) is 15.2. The van der Waals surface area contributed by atoms with Crippen molar-refractivity contribution in [1.82, 2.24) is 10.4 Å². The zero-order valence-electron chi connectivity index (χ0n) is 12.6. The number of hydrazone groups is 1. The van der Waals surface area contributed by atoms with Gasteiger partial charge in [-0.25, -0.2) is 5.43 Å². The number of benzene rings is 2. The van der Waals surface area contributed by atoms with Crippen LogP contribution in [0.4, 0.5) is 0 Å². The average Bonchev–Trinajstić information content (AvgIpc) is 2.83. The molecule has 4 heteroatoms. The van der Waals surface area contributed by atoms with Crippen LogP contribution in [-0.2, 0) is 0 Å². The zero-order chi connectivity index (χ0) is 15.5. The molecule has 1 aromatic heterocycles. The van der Waals surface area contributed by atoms with E-state index in [1.807, 2.05) is 56.3 Å². The number of aryl methyl sites for hydroxylation is 2. The molecule has 0 radical (unpaired) electrons. The second kappa shape index (κ2) is 5.85. The summed E-state index contributed by atoms with van der Waals surface area (Å²) in [5.41, 5.74) is 7.42. The van der Waals surface area contributed by atoms with Crippen LogP contribution in [0, 0.1) is 13.8 Å². The van der Waals surface area contributed by atoms with Crippen LogP contribution in [-0.4, -0.2) is 17.1 Å². The Morgan fingerprint density at radius 3 is 2.68 bits per heavy atom. The van der Waals surface area contributed by atoms with Crippen LogP contribution in [0.25, 0.3) is 10.9 Å². The van der Waals surface area contributed by atoms with E-state index in [2.05, 4.69) is 15.5 Å². The topological polar surface area (TPSA) is 57.2 Å². The molecule has 0 saturated carbocycles. The molecule has 0 aliphatic carbocycles. The Bertz CT molecular complexity index is 847. The summed E-state index contributed by atoms with van der Waals surface area (Å²) in [5.74, 6) is -0.215. The third kappa shape index (κ3) is 2.76. The molecule has 0 aliphatic rings. The first-order chi connectivity index (χ1) is 10.6. The van der Waals surface area contributed by atoms with Crippen LogP contribution in [0.2, 0.25) is 0 Å². The summed E-state index contributed by atoms with van der Waals surface area (Å²) >= 11 is 0. The SMILES string of the molecule is Cc1[nH]c2ccc(C(=O)NN=Cc3ccccc3)cc2c1C. The smallest absolute Gasteiger partial charge is 0.271 e. The van der Waals surface area contributed by atoms with Crippen LogP contribution < -0.4 is 5.43 Å². The van der Waals surface area contributed by atoms with Gasteiger partial charge in [-0.3, -0.25) is 4.79 Å². The number of rotatable bonds is 3. The number of carbonyl (C=O) groups excluding carboxylic acids is 1. The monoisotopic (exact) mass is 291 g/mol. The highest BCUT2D eigenvalue weighted by Crippen LogP contribution is 2.22. The number of carbonyl (C=O) groups is 1. The molecule has 110 valence electrons. The van der Waals surface area contributed by atoms with E-state index >= 15 is 0 Å². The van der Waals surface area contributed by atoms with Crippen molar-refractivity contribution >= 4 is 23.0 Å². The number of hydrogen-bond acceptors (Lipinski definition) is 2. The van der Waals surface area contributed by atoms with Gasteiger partial charge in [0.15, 0.2) is 0 Å². The Hall–Kier alpha value is -2.88. The highest BCUT2D eigenvalue weighted by molar-refractivity contribution is 5.99. The van der Waals surface area contributed by atoms with Crippen molar-refractivity contribution in [2.45, 2.75) is 13.8 Å². The molecule has 22 heavy (non-hydrogen) atoms. The van der Waals surface area contributed by atoms with Gasteiger partial charge in [0.1, 0.15) is 0 Å². The van der Waals surface area contributed by atoms with Crippen LogP contribution in [0.3, 0.4) is 0 Å². The van der Waals surface area contributed by atoms with Gasteiger partial charge in [-0.2, -0.15) is 5.10 Å². The number of amides is 1. The number of fused-ring (bicyclic) bond motifs is 1. The fraction of sp³-hybridized carbons (Fsp3) is 0.111. The minimum absolute atomic E-state index is 0.215. The van der Waals surface area contributed by atoms with Gasteiger partial charge in [-0.05, 0) is 43.2 Å². The number of hydrogen-bond donors (Lipinski definition) is 2. The molecule has 0 fully saturated rings. The molecule has 1 amide bonds. The van der Waals surface area contributed by atoms with E-state index < -0.39 is 0 Å². The second-order valence-corrected chi connectivity index (χ2v) is 5.25. The summed E-state index contributed by atoms with van der Waals surface area (Å²) in [6.45, 7) is 4.07. The lowest BCUT2D eigenvalue weighted by Crippen LogP contribution is -2.17. The lowest BCUT2D eigenvalue weighted by atomic mass is 10.1. The Labute approximate surface area is 128 Å². The fourth-order valence-electron chi connectivity index (χ4n) is 2.37. The van der Waals surface area contributed by atoms with Gasteiger partial charge in [-0.15, -0.1) is 0 Å². The molecular formula is C18H17N3O. The van der Waals surface area contributed by atoms with E-state index in [0.29, 0.717) is 5.56 Å². The molecule has 0 spiro atoms. The first-order valence-electron chi connectivity index (χ1n) is 7.12. The predicted octanol–water partition coefficient (Wildman–Crippen LogP) is 3.55. The molecular weight excluding hydrogens is 274 g/mol. The van der Waals surface area contributed by atoms with Crippen molar-refractivity contribution in [1.29, 1.82) is 0 Å². The Morgan fingerprint density at radius 2 is 1.91 bits per heavy atom. The van der Waals surface area contributed by atoms with Crippen molar-refractivity contribution < 1.29 is 4.79 Å². The first-order valence-corrected chi connectivity index (χ1v) is 7.12. The highest BCUT2D eigenvalue weighted by Gasteiger charge is 2.09. The maximum absolute atomic E-state index is 12.2. The quantitative estimate of drug-likeness (QED) is 0.562. The zero-order valence-corrected chi connectivity index (χ0v) is 12.6. The molecule has 3 aromatic rings. The largest absolute Gasteiger partial charge is 0.358 e. The second-order valence-electron chi connectivity index (χ2n) is 5.25. The first kappa shape index (κ1) is 14.1. The minimum atomic E-state index is -0.215. The Balaban J connectivity index is 1.77. The summed E-state index contributed by atoms with van der Waals surface area (Å²) < 4.78 is 0. The number of nitrogens with one attached hydrogen (secondary N) is 2. The fourth-order valence-corrected chi connectivity index (χ4v) is 2.37. The van der Waals surface area contributed by atoms with Crippen LogP contribution in [0.5, 0.6) is 0 Å². The molecule has 0 atom stereocenters. The van der Waals surface area contributed by atoms with E-state index in [4.69, 9.17) is 0 Å². The van der Waals surface area contributed by atoms with Crippen LogP contribution >= 0.6 is 0 Å². The maximum atomic E-state index is 12.2. The molecule has 0 unspecified atom stereocenters. The lowest BCUT2D eigenvalue weighted by molar-refractivity contribution is 0.0955. The Morgan fingerprint density at radius 1 is 1.14 bits per heavy atom. The van der Waals surface area contributed by atoms with E-state index in [1.54, 1.807) is 12.3 Å². The third-order valence-corrected chi connectivity index (χ3v) is 3.75. The molecule has 0 saturated heterocycles. The van der Waals surface area contributed by atoms with Crippen molar-refractivity contribution in [2.75, 3.05) is 0 Å². The van der Waals surface area contributed by atoms with Gasteiger partial charge in [0.2, 0.25) is 0 Å². The Kier molecular flexibility index (Phi) is 3.74. The number of aromatic nitrogens is 1. The van der Waals surface area contributed by atoms with Crippen molar-refractivity contribution in [3.05, 3.63) is 70.9 Å². The van der Waals surface area contributed by atoms with Gasteiger partial charge in [-0.1, -0.05) is 30.3 Å². The van der Waals surface area contributed by atoms with Gasteiger partial charge < -0.3 is 4.98 Å². The molecule has 0 aliphatic heterocycles. The molecule has 2 aromatic carbocycles. The minimum Gasteiger partial charge on any atom is -0.358 e. The van der Waals surface area contributed by atoms with Crippen LogP contribution in [0.1, 0.15) is 27.2 Å². The van der Waals surface area contributed by atoms with Gasteiger partial charge in [0.05, 0.1) is 6.21 Å². The molecule has 3 rings (SSSR count). The lowest BCUT2D eigenvalue weighted by Gasteiger charge is -2.01. The molecule has 1 heterocycles. The maximum Gasteiger partial charge on any atom is 0.271 e. The highest BCUT2D eigenvalue weighted by atomic mass is 16.2. The molecule has 2 N–H and O–H groups in total. The number of nitrogens with zero attached hydrogens (tertiary/aromatic N) is 1. The normalized spacial score (nSPS) is 11.2. The van der Waals surface area contributed by atoms with E-state index in [-0.39, 0.29) is 5.91 Å².